The lowest BCUT2D eigenvalue weighted by atomic mass is 10.1. The normalized spacial score (nSPS) is 10.0. The second kappa shape index (κ2) is 8.84. The Morgan fingerprint density at radius 3 is 2.20 bits per heavy atom. The van der Waals surface area contributed by atoms with E-state index in [1.165, 1.54) is 0 Å². The van der Waals surface area contributed by atoms with Crippen LogP contribution < -0.4 is 16.2 Å². The van der Waals surface area contributed by atoms with Crippen LogP contribution in [0.1, 0.15) is 28.8 Å². The molecule has 0 radical (unpaired) electrons. The SMILES string of the molecule is Cc1ccc(C(=O)NNC(=O)CCC(=O)Nc2ccccc2Cl)cc1. The van der Waals surface area contributed by atoms with E-state index in [2.05, 4.69) is 16.2 Å². The fraction of sp³-hybridized carbons (Fsp3) is 0.167. The van der Waals surface area contributed by atoms with Gasteiger partial charge in [0.2, 0.25) is 11.8 Å². The molecule has 0 saturated carbocycles. The number of hydrazine groups is 1. The molecule has 0 heterocycles. The van der Waals surface area contributed by atoms with Gasteiger partial charge in [-0.3, -0.25) is 25.2 Å². The third-order valence-corrected chi connectivity index (χ3v) is 3.69. The maximum Gasteiger partial charge on any atom is 0.269 e. The molecule has 0 aromatic heterocycles. The summed E-state index contributed by atoms with van der Waals surface area (Å²) in [6.07, 6.45) is -0.0953. The van der Waals surface area contributed by atoms with Crippen molar-refractivity contribution in [2.24, 2.45) is 0 Å². The lowest BCUT2D eigenvalue weighted by Crippen LogP contribution is -2.41. The van der Waals surface area contributed by atoms with Crippen molar-refractivity contribution in [1.82, 2.24) is 10.9 Å². The summed E-state index contributed by atoms with van der Waals surface area (Å²) < 4.78 is 0. The third-order valence-electron chi connectivity index (χ3n) is 3.36. The molecular formula is C18H18ClN3O3. The molecule has 0 unspecified atom stereocenters. The smallest absolute Gasteiger partial charge is 0.269 e. The van der Waals surface area contributed by atoms with E-state index in [4.69, 9.17) is 11.6 Å². The van der Waals surface area contributed by atoms with Gasteiger partial charge in [0.05, 0.1) is 10.7 Å². The number of hydrogen-bond donors (Lipinski definition) is 3. The van der Waals surface area contributed by atoms with Crippen LogP contribution >= 0.6 is 11.6 Å². The van der Waals surface area contributed by atoms with E-state index < -0.39 is 11.8 Å². The van der Waals surface area contributed by atoms with Crippen molar-refractivity contribution in [2.45, 2.75) is 19.8 Å². The minimum absolute atomic E-state index is 0.0303. The second-order valence-corrected chi connectivity index (χ2v) is 5.80. The minimum atomic E-state index is -0.463. The topological polar surface area (TPSA) is 87.3 Å². The van der Waals surface area contributed by atoms with Crippen LogP contribution in [-0.4, -0.2) is 17.7 Å². The van der Waals surface area contributed by atoms with Gasteiger partial charge in [-0.2, -0.15) is 0 Å². The van der Waals surface area contributed by atoms with Gasteiger partial charge in [0.25, 0.3) is 5.91 Å². The molecule has 3 amide bonds. The number of halogens is 1. The van der Waals surface area contributed by atoms with Crippen LogP contribution in [0.5, 0.6) is 0 Å². The van der Waals surface area contributed by atoms with Gasteiger partial charge < -0.3 is 5.32 Å². The van der Waals surface area contributed by atoms with Gasteiger partial charge in [-0.05, 0) is 31.2 Å². The quantitative estimate of drug-likeness (QED) is 0.717. The van der Waals surface area contributed by atoms with Crippen molar-refractivity contribution < 1.29 is 14.4 Å². The molecule has 0 atom stereocenters. The Labute approximate surface area is 150 Å². The molecule has 25 heavy (non-hydrogen) atoms. The molecule has 0 saturated heterocycles. The Morgan fingerprint density at radius 2 is 1.52 bits per heavy atom. The highest BCUT2D eigenvalue weighted by atomic mass is 35.5. The number of nitrogens with one attached hydrogen (secondary N) is 3. The number of carbonyl (C=O) groups excluding carboxylic acids is 3. The molecule has 0 fully saturated rings. The Kier molecular flexibility index (Phi) is 6.54. The first kappa shape index (κ1) is 18.5. The van der Waals surface area contributed by atoms with E-state index >= 15 is 0 Å². The summed E-state index contributed by atoms with van der Waals surface area (Å²) in [7, 11) is 0. The minimum Gasteiger partial charge on any atom is -0.325 e. The van der Waals surface area contributed by atoms with Crippen molar-refractivity contribution in [1.29, 1.82) is 0 Å². The van der Waals surface area contributed by atoms with Crippen molar-refractivity contribution in [3.63, 3.8) is 0 Å². The number of para-hydroxylation sites is 1. The van der Waals surface area contributed by atoms with Crippen LogP contribution in [0.15, 0.2) is 48.5 Å². The molecule has 130 valence electrons. The fourth-order valence-electron chi connectivity index (χ4n) is 1.97. The largest absolute Gasteiger partial charge is 0.325 e. The summed E-state index contributed by atoms with van der Waals surface area (Å²) in [6.45, 7) is 1.91. The van der Waals surface area contributed by atoms with Crippen molar-refractivity contribution in [2.75, 3.05) is 5.32 Å². The molecule has 0 bridgehead atoms. The van der Waals surface area contributed by atoms with Crippen molar-refractivity contribution in [3.8, 4) is 0 Å². The average molecular weight is 360 g/mol. The summed E-state index contributed by atoms with van der Waals surface area (Å²) in [5, 5.41) is 3.05. The number of hydrogen-bond acceptors (Lipinski definition) is 3. The van der Waals surface area contributed by atoms with Crippen LogP contribution in [-0.2, 0) is 9.59 Å². The second-order valence-electron chi connectivity index (χ2n) is 5.40. The molecular weight excluding hydrogens is 342 g/mol. The Bertz CT molecular complexity index is 775. The molecule has 0 aliphatic rings. The molecule has 2 rings (SSSR count). The van der Waals surface area contributed by atoms with Crippen LogP contribution in [0, 0.1) is 6.92 Å². The van der Waals surface area contributed by atoms with Gasteiger partial charge >= 0.3 is 0 Å². The van der Waals surface area contributed by atoms with Gasteiger partial charge in [-0.1, -0.05) is 41.4 Å². The molecule has 2 aromatic rings. The first-order valence-electron chi connectivity index (χ1n) is 7.66. The Morgan fingerprint density at radius 1 is 0.880 bits per heavy atom. The maximum atomic E-state index is 11.9. The van der Waals surface area contributed by atoms with E-state index in [1.807, 2.05) is 6.92 Å². The maximum absolute atomic E-state index is 11.9. The predicted molar refractivity (Wildman–Crippen MR) is 96.1 cm³/mol. The molecule has 0 spiro atoms. The standard InChI is InChI=1S/C18H18ClN3O3/c1-12-6-8-13(9-7-12)18(25)22-21-17(24)11-10-16(23)20-15-5-3-2-4-14(15)19/h2-9H,10-11H2,1H3,(H,20,23)(H,21,24)(H,22,25). The number of benzene rings is 2. The van der Waals surface area contributed by atoms with Crippen LogP contribution in [0.25, 0.3) is 0 Å². The molecule has 7 heteroatoms. The van der Waals surface area contributed by atoms with E-state index in [0.29, 0.717) is 16.3 Å². The van der Waals surface area contributed by atoms with E-state index in [-0.39, 0.29) is 18.7 Å². The highest BCUT2D eigenvalue weighted by Crippen LogP contribution is 2.20. The molecule has 0 aliphatic carbocycles. The first-order valence-corrected chi connectivity index (χ1v) is 8.04. The fourth-order valence-corrected chi connectivity index (χ4v) is 2.15. The summed E-state index contributed by atoms with van der Waals surface area (Å²) in [4.78, 5) is 35.4. The van der Waals surface area contributed by atoms with Gasteiger partial charge in [0.1, 0.15) is 0 Å². The highest BCUT2D eigenvalue weighted by molar-refractivity contribution is 6.33. The number of anilines is 1. The highest BCUT2D eigenvalue weighted by Gasteiger charge is 2.10. The monoisotopic (exact) mass is 359 g/mol. The zero-order valence-corrected chi connectivity index (χ0v) is 14.4. The summed E-state index contributed by atoms with van der Waals surface area (Å²) in [5.41, 5.74) is 6.54. The lowest BCUT2D eigenvalue weighted by molar-refractivity contribution is -0.124. The Hall–Kier alpha value is -2.86. The average Bonchev–Trinajstić information content (AvgIpc) is 2.60. The zero-order valence-electron chi connectivity index (χ0n) is 13.6. The zero-order chi connectivity index (χ0) is 18.2. The van der Waals surface area contributed by atoms with Gasteiger partial charge in [0, 0.05) is 18.4 Å². The summed E-state index contributed by atoms with van der Waals surface area (Å²) in [6, 6.07) is 13.7. The van der Waals surface area contributed by atoms with E-state index in [9.17, 15) is 14.4 Å². The van der Waals surface area contributed by atoms with Gasteiger partial charge in [0.15, 0.2) is 0 Å². The van der Waals surface area contributed by atoms with E-state index in [1.54, 1.807) is 48.5 Å². The van der Waals surface area contributed by atoms with Crippen molar-refractivity contribution >= 4 is 35.0 Å². The summed E-state index contributed by atoms with van der Waals surface area (Å²) in [5.74, 6) is -1.23. The Balaban J connectivity index is 1.73. The predicted octanol–water partition coefficient (Wildman–Crippen LogP) is 2.83. The van der Waals surface area contributed by atoms with Crippen LogP contribution in [0.2, 0.25) is 5.02 Å². The molecule has 2 aromatic carbocycles. The third kappa shape index (κ3) is 5.93. The van der Waals surface area contributed by atoms with E-state index in [0.717, 1.165) is 5.56 Å². The lowest BCUT2D eigenvalue weighted by Gasteiger charge is -2.09. The number of carbonyl (C=O) groups is 3. The molecule has 3 N–H and O–H groups in total. The first-order chi connectivity index (χ1) is 12.0. The number of aryl methyl sites for hydroxylation is 1. The number of rotatable bonds is 5. The van der Waals surface area contributed by atoms with Crippen molar-refractivity contribution in [3.05, 3.63) is 64.7 Å². The van der Waals surface area contributed by atoms with Crippen LogP contribution in [0.4, 0.5) is 5.69 Å². The van der Waals surface area contributed by atoms with Crippen LogP contribution in [0.3, 0.4) is 0 Å². The van der Waals surface area contributed by atoms with Gasteiger partial charge in [-0.15, -0.1) is 0 Å². The van der Waals surface area contributed by atoms with Gasteiger partial charge in [-0.25, -0.2) is 0 Å². The molecule has 6 nitrogen and oxygen atoms in total. The summed E-state index contributed by atoms with van der Waals surface area (Å²) >= 11 is 5.94. The number of amides is 3. The molecule has 0 aliphatic heterocycles.